The van der Waals surface area contributed by atoms with Crippen LogP contribution in [0.5, 0.6) is 34.5 Å². The van der Waals surface area contributed by atoms with Crippen LogP contribution >= 0.6 is 0 Å². The van der Waals surface area contributed by atoms with Gasteiger partial charge in [0.1, 0.15) is 0 Å². The number of carbonyl (C=O) groups is 2. The first-order valence-corrected chi connectivity index (χ1v) is 45.3. The number of ether oxygens (including phenoxy) is 6. The van der Waals surface area contributed by atoms with Gasteiger partial charge in [-0.1, -0.05) is 398 Å². The van der Waals surface area contributed by atoms with Crippen LogP contribution in [0.2, 0.25) is 0 Å². The van der Waals surface area contributed by atoms with Crippen molar-refractivity contribution in [2.75, 3.05) is 52.7 Å². The molecule has 0 amide bonds. The second-order valence-electron chi connectivity index (χ2n) is 31.5. The smallest absolute Gasteiger partial charge is 0.336 e. The number of carboxylic acid groups (broad SMARTS) is 2. The highest BCUT2D eigenvalue weighted by Gasteiger charge is 2.39. The van der Waals surface area contributed by atoms with E-state index in [1.807, 2.05) is 0 Å². The van der Waals surface area contributed by atoms with Gasteiger partial charge in [-0.3, -0.25) is 0 Å². The summed E-state index contributed by atoms with van der Waals surface area (Å²) in [7, 11) is 0. The number of hydrogen-bond donors (Lipinski definition) is 2. The van der Waals surface area contributed by atoms with Crippen molar-refractivity contribution in [3.05, 3.63) is 55.3 Å². The lowest BCUT2D eigenvalue weighted by Crippen LogP contribution is -2.35. The van der Waals surface area contributed by atoms with Crippen LogP contribution in [0, 0.1) is 5.41 Å². The molecule has 0 bridgehead atoms. The van der Waals surface area contributed by atoms with E-state index >= 15 is 0 Å². The van der Waals surface area contributed by atoms with E-state index in [1.165, 1.54) is 231 Å². The predicted molar refractivity (Wildman–Crippen MR) is 449 cm³/mol. The summed E-state index contributed by atoms with van der Waals surface area (Å²) in [4.78, 5) is 35.2. The maximum absolute atomic E-state index is 14.3. The molecule has 0 saturated heterocycles. The van der Waals surface area contributed by atoms with Gasteiger partial charge in [-0.05, 0) is 80.0 Å². The summed E-state index contributed by atoms with van der Waals surface area (Å²) in [5.41, 5.74) is 19.6. The zero-order chi connectivity index (χ0) is 77.4. The van der Waals surface area contributed by atoms with Gasteiger partial charge in [0.05, 0.1) is 50.8 Å². The first kappa shape index (κ1) is 97.9. The lowest BCUT2D eigenvalue weighted by molar-refractivity contribution is 0.0684. The molecule has 616 valence electrons. The minimum atomic E-state index is -1.48. The number of benzene rings is 2. The quantitative estimate of drug-likeness (QED) is 0.0275. The molecule has 0 saturated carbocycles. The molecule has 107 heavy (non-hydrogen) atoms. The van der Waals surface area contributed by atoms with Crippen molar-refractivity contribution in [3.63, 3.8) is 0 Å². The Morgan fingerprint density at radius 3 is 0.785 bits per heavy atom. The largest absolute Gasteiger partial charge is 0.490 e. The fraction of sp³-hybridized carbons (Fsp3) is 0.846. The number of carboxylic acids is 2. The Hall–Kier alpha value is -5.20. The molecule has 0 unspecified atom stereocenters. The van der Waals surface area contributed by atoms with Gasteiger partial charge in [0.15, 0.2) is 23.0 Å². The lowest BCUT2D eigenvalue weighted by Gasteiger charge is -2.34. The van der Waals surface area contributed by atoms with Gasteiger partial charge < -0.3 is 38.6 Å². The van der Waals surface area contributed by atoms with Crippen molar-refractivity contribution in [1.82, 2.24) is 0 Å². The molecule has 0 spiro atoms. The highest BCUT2D eigenvalue weighted by molar-refractivity contribution is 5.93. The second kappa shape index (κ2) is 71.1. The Kier molecular flexibility index (Phi) is 65.1. The summed E-state index contributed by atoms with van der Waals surface area (Å²) in [6.07, 6.45) is 68.1. The van der Waals surface area contributed by atoms with E-state index in [4.69, 9.17) is 28.4 Å². The molecule has 0 fully saturated rings. The van der Waals surface area contributed by atoms with Crippen molar-refractivity contribution in [2.24, 2.45) is 15.6 Å². The van der Waals surface area contributed by atoms with Gasteiger partial charge in [-0.2, -0.15) is 0 Å². The van der Waals surface area contributed by atoms with Gasteiger partial charge in [-0.15, -0.1) is 0 Å². The van der Waals surface area contributed by atoms with E-state index < -0.39 is 17.4 Å². The molecule has 0 radical (unpaired) electrons. The van der Waals surface area contributed by atoms with Crippen molar-refractivity contribution in [3.8, 4) is 34.5 Å². The third-order valence-corrected chi connectivity index (χ3v) is 21.6. The van der Waals surface area contributed by atoms with Crippen LogP contribution in [-0.4, -0.2) is 74.9 Å². The first-order chi connectivity index (χ1) is 52.6. The normalized spacial score (nSPS) is 11.9. The van der Waals surface area contributed by atoms with Crippen LogP contribution in [-0.2, 0) is 12.8 Å². The van der Waals surface area contributed by atoms with Gasteiger partial charge in [0.25, 0.3) is 0 Å². The maximum Gasteiger partial charge on any atom is 0.336 e. The highest BCUT2D eigenvalue weighted by Crippen LogP contribution is 2.50. The summed E-state index contributed by atoms with van der Waals surface area (Å²) in [6, 6.07) is 3.12. The molecule has 2 N–H and O–H groups in total. The van der Waals surface area contributed by atoms with Gasteiger partial charge in [0.2, 0.25) is 11.5 Å². The molecule has 0 aliphatic carbocycles. The van der Waals surface area contributed by atoms with Gasteiger partial charge in [0, 0.05) is 34.0 Å². The number of hydrogen-bond acceptors (Lipinski definition) is 10. The maximum atomic E-state index is 14.3. The zero-order valence-corrected chi connectivity index (χ0v) is 70.0. The number of nitrogens with zero attached hydrogens (tertiary/aromatic N) is 6. The van der Waals surface area contributed by atoms with E-state index in [9.17, 15) is 30.9 Å². The van der Waals surface area contributed by atoms with Crippen LogP contribution in [0.15, 0.2) is 22.4 Å². The molecule has 0 atom stereocenters. The van der Waals surface area contributed by atoms with Crippen LogP contribution in [0.3, 0.4) is 0 Å². The Balaban J connectivity index is 3.02. The molecular formula is C91H162N6O10. The Morgan fingerprint density at radius 1 is 0.318 bits per heavy atom. The average molecular weight is 1500 g/mol. The minimum Gasteiger partial charge on any atom is -0.490 e. The number of unbranched alkanes of at least 4 members (excludes halogenated alkanes) is 54. The number of azide groups is 2. The monoisotopic (exact) mass is 1500 g/mol. The Labute approximate surface area is 654 Å². The number of rotatable bonds is 82. The van der Waals surface area contributed by atoms with E-state index in [2.05, 4.69) is 61.6 Å². The third kappa shape index (κ3) is 49.6. The van der Waals surface area contributed by atoms with Crippen LogP contribution < -0.4 is 28.4 Å². The van der Waals surface area contributed by atoms with Crippen molar-refractivity contribution >= 4 is 11.9 Å². The molecule has 16 heteroatoms. The average Bonchev–Trinajstić information content (AvgIpc) is 0.765. The van der Waals surface area contributed by atoms with Gasteiger partial charge in [-0.25, -0.2) is 9.59 Å². The molecule has 0 heterocycles. The zero-order valence-electron chi connectivity index (χ0n) is 70.0. The molecule has 2 aromatic carbocycles. The van der Waals surface area contributed by atoms with E-state index in [1.54, 1.807) is 12.1 Å². The van der Waals surface area contributed by atoms with Gasteiger partial charge >= 0.3 is 11.9 Å². The first-order valence-electron chi connectivity index (χ1n) is 45.3. The van der Waals surface area contributed by atoms with E-state index in [-0.39, 0.29) is 84.4 Å². The minimum absolute atomic E-state index is 0.0918. The van der Waals surface area contributed by atoms with Crippen molar-refractivity contribution < 1.29 is 48.2 Å². The molecule has 0 aliphatic rings. The SMILES string of the molecule is CCCCCCCCCCCCOc1cc(C(=O)O)c(CC(CN=[N+]=[N-])(CN=[N+]=[N-])[14CH2]c2c(C(=O)O)cc(OCCCCCCCCCCCC)c(OCCCCCCCCCCCC)c2OCCCCCCCCCCCC)c(OCCCCCCCCCCCC)c1OCCCCCCCCCCCC. The third-order valence-electron chi connectivity index (χ3n) is 21.6. The molecule has 0 aromatic heterocycles. The van der Waals surface area contributed by atoms with Crippen LogP contribution in [0.1, 0.15) is 459 Å². The van der Waals surface area contributed by atoms with E-state index in [0.717, 1.165) is 141 Å². The summed E-state index contributed by atoms with van der Waals surface area (Å²) >= 11 is 0. The summed E-state index contributed by atoms with van der Waals surface area (Å²) < 4.78 is 41.4. The molecule has 2 aromatic rings. The van der Waals surface area contributed by atoms with Crippen LogP contribution in [0.4, 0.5) is 0 Å². The van der Waals surface area contributed by atoms with E-state index in [0.29, 0.717) is 50.8 Å². The fourth-order valence-electron chi connectivity index (χ4n) is 14.9. The Bertz CT molecular complexity index is 2380. The predicted octanol–water partition coefficient (Wildman–Crippen LogP) is 30.3. The van der Waals surface area contributed by atoms with Crippen molar-refractivity contribution in [1.29, 1.82) is 0 Å². The lowest BCUT2D eigenvalue weighted by atomic mass is 9.86. The molecular weight excluding hydrogens is 1340 g/mol. The molecule has 2 rings (SSSR count). The topological polar surface area (TPSA) is 227 Å². The Morgan fingerprint density at radius 2 is 0.533 bits per heavy atom. The molecule has 16 nitrogen and oxygen atoms in total. The standard InChI is InChI=1S/C91H162N6O10/c1-7-13-19-25-31-37-43-49-55-61-67-102-83-73-79(89(98)99)81(85(104-69-63-57-51-45-39-33-27-21-15-9-3)87(83)106-71-65-59-53-47-41-35-29-23-17-11-5)75-91(77-94-96-92,78-95-97-93)76-82-80(90(100)101)74-84(103-68-62-56-50-44-38-32-26-20-14-8-2)88(107-72-66-60-54-48-42-36-30-24-18-12-6)86(82)105-70-64-58-52-46-40-34-28-22-16-10-4/h73-74H,7-72,75-78H2,1-6H3,(H,98,99)(H,100,101)/i75+2. The molecule has 0 aliphatic heterocycles. The van der Waals surface area contributed by atoms with Crippen molar-refractivity contribution in [2.45, 2.75) is 440 Å². The second-order valence-corrected chi connectivity index (χ2v) is 31.5. The summed E-state index contributed by atoms with van der Waals surface area (Å²) in [5, 5.41) is 31.8. The number of aromatic carboxylic acids is 2. The summed E-state index contributed by atoms with van der Waals surface area (Å²) in [5.74, 6) is -0.789. The van der Waals surface area contributed by atoms with Crippen LogP contribution in [0.25, 0.3) is 20.9 Å². The summed E-state index contributed by atoms with van der Waals surface area (Å²) in [6.45, 7) is 14.8. The highest BCUT2D eigenvalue weighted by atomic mass is 16.5. The fourth-order valence-corrected chi connectivity index (χ4v) is 14.9.